The third kappa shape index (κ3) is 5.68. The zero-order valence-corrected chi connectivity index (χ0v) is 10.6. The lowest BCUT2D eigenvalue weighted by molar-refractivity contribution is -0.137. The minimum absolute atomic E-state index is 0.119. The molecule has 5 nitrogen and oxygen atoms in total. The molecule has 1 aromatic rings. The summed E-state index contributed by atoms with van der Waals surface area (Å²) in [5.41, 5.74) is 1.33. The fourth-order valence-electron chi connectivity index (χ4n) is 1.62. The van der Waals surface area contributed by atoms with E-state index in [-0.39, 0.29) is 18.7 Å². The second-order valence-electron chi connectivity index (χ2n) is 4.14. The van der Waals surface area contributed by atoms with Gasteiger partial charge in [0.25, 0.3) is 5.91 Å². The Balaban J connectivity index is 2.39. The summed E-state index contributed by atoms with van der Waals surface area (Å²) in [6, 6.07) is 8.95. The van der Waals surface area contributed by atoms with Crippen LogP contribution in [0.4, 0.5) is 0 Å². The highest BCUT2D eigenvalue weighted by Gasteiger charge is 2.05. The summed E-state index contributed by atoms with van der Waals surface area (Å²) < 4.78 is 0. The molecule has 5 heteroatoms. The molecule has 0 heterocycles. The van der Waals surface area contributed by atoms with Gasteiger partial charge in [-0.2, -0.15) is 5.26 Å². The second-order valence-corrected chi connectivity index (χ2v) is 4.14. The molecule has 100 valence electrons. The van der Waals surface area contributed by atoms with Gasteiger partial charge in [0.2, 0.25) is 0 Å². The summed E-state index contributed by atoms with van der Waals surface area (Å²) in [6.45, 7) is 0.453. The van der Waals surface area contributed by atoms with E-state index in [9.17, 15) is 9.59 Å². The first kappa shape index (κ1) is 14.7. The lowest BCUT2D eigenvalue weighted by Gasteiger charge is -2.05. The standard InChI is InChI=1S/C14H16N2O3/c15-8-7-11-4-3-5-12(10-11)14(19)16-9-2-1-6-13(17)18/h3-5,10H,1-2,6-7,9H2,(H,16,19)(H,17,18). The van der Waals surface area contributed by atoms with Crippen LogP contribution >= 0.6 is 0 Å². The van der Waals surface area contributed by atoms with Crippen LogP contribution in [0.25, 0.3) is 0 Å². The molecule has 1 rings (SSSR count). The smallest absolute Gasteiger partial charge is 0.303 e. The molecule has 1 aromatic carbocycles. The Labute approximate surface area is 111 Å². The quantitative estimate of drug-likeness (QED) is 0.730. The van der Waals surface area contributed by atoms with E-state index in [0.717, 1.165) is 5.56 Å². The molecule has 0 bridgehead atoms. The third-order valence-electron chi connectivity index (χ3n) is 2.58. The molecule has 0 unspecified atom stereocenters. The number of amides is 1. The number of carboxylic acids is 1. The summed E-state index contributed by atoms with van der Waals surface area (Å²) in [5, 5.41) is 19.8. The maximum Gasteiger partial charge on any atom is 0.303 e. The van der Waals surface area contributed by atoms with E-state index in [1.165, 1.54) is 0 Å². The van der Waals surface area contributed by atoms with Crippen LogP contribution in [0.5, 0.6) is 0 Å². The van der Waals surface area contributed by atoms with Gasteiger partial charge in [-0.05, 0) is 30.5 Å². The zero-order chi connectivity index (χ0) is 14.1. The van der Waals surface area contributed by atoms with Crippen molar-refractivity contribution in [2.24, 2.45) is 0 Å². The molecule has 1 amide bonds. The first-order chi connectivity index (χ1) is 9.13. The van der Waals surface area contributed by atoms with Crippen molar-refractivity contribution in [1.29, 1.82) is 5.26 Å². The average molecular weight is 260 g/mol. The van der Waals surface area contributed by atoms with E-state index in [1.807, 2.05) is 6.07 Å². The van der Waals surface area contributed by atoms with Crippen LogP contribution in [0.2, 0.25) is 0 Å². The molecule has 0 aliphatic heterocycles. The van der Waals surface area contributed by atoms with Gasteiger partial charge in [-0.25, -0.2) is 0 Å². The van der Waals surface area contributed by atoms with Crippen molar-refractivity contribution in [3.63, 3.8) is 0 Å². The summed E-state index contributed by atoms with van der Waals surface area (Å²) in [7, 11) is 0. The molecular formula is C14H16N2O3. The average Bonchev–Trinajstić information content (AvgIpc) is 2.38. The Morgan fingerprint density at radius 3 is 2.79 bits per heavy atom. The molecule has 19 heavy (non-hydrogen) atoms. The Kier molecular flexibility index (Phi) is 6.10. The SMILES string of the molecule is N#CCc1cccc(C(=O)NCCCCC(=O)O)c1. The summed E-state index contributed by atoms with van der Waals surface area (Å²) in [6.07, 6.45) is 1.58. The van der Waals surface area contributed by atoms with Gasteiger partial charge in [-0.15, -0.1) is 0 Å². The molecule has 0 aliphatic rings. The maximum absolute atomic E-state index is 11.8. The second kappa shape index (κ2) is 7.88. The summed E-state index contributed by atoms with van der Waals surface area (Å²) in [4.78, 5) is 22.1. The van der Waals surface area contributed by atoms with Gasteiger partial charge in [0, 0.05) is 18.5 Å². The van der Waals surface area contributed by atoms with Crippen molar-refractivity contribution in [3.8, 4) is 6.07 Å². The van der Waals surface area contributed by atoms with Gasteiger partial charge >= 0.3 is 5.97 Å². The topological polar surface area (TPSA) is 90.2 Å². The van der Waals surface area contributed by atoms with Crippen molar-refractivity contribution in [2.45, 2.75) is 25.7 Å². The largest absolute Gasteiger partial charge is 0.481 e. The Morgan fingerprint density at radius 1 is 1.32 bits per heavy atom. The number of carbonyl (C=O) groups excluding carboxylic acids is 1. The molecule has 0 spiro atoms. The number of nitrogens with one attached hydrogen (secondary N) is 1. The van der Waals surface area contributed by atoms with Crippen molar-refractivity contribution in [3.05, 3.63) is 35.4 Å². The van der Waals surface area contributed by atoms with Crippen LogP contribution in [-0.4, -0.2) is 23.5 Å². The van der Waals surface area contributed by atoms with Gasteiger partial charge in [0.05, 0.1) is 12.5 Å². The number of carboxylic acid groups (broad SMARTS) is 1. The third-order valence-corrected chi connectivity index (χ3v) is 2.58. The number of nitriles is 1. The molecule has 0 saturated carbocycles. The van der Waals surface area contributed by atoms with Crippen molar-refractivity contribution < 1.29 is 14.7 Å². The lowest BCUT2D eigenvalue weighted by atomic mass is 10.1. The van der Waals surface area contributed by atoms with E-state index in [2.05, 4.69) is 5.32 Å². The highest BCUT2D eigenvalue weighted by Crippen LogP contribution is 2.06. The fraction of sp³-hybridized carbons (Fsp3) is 0.357. The monoisotopic (exact) mass is 260 g/mol. The molecule has 2 N–H and O–H groups in total. The summed E-state index contributed by atoms with van der Waals surface area (Å²) >= 11 is 0. The maximum atomic E-state index is 11.8. The molecule has 0 atom stereocenters. The molecule has 0 aliphatic carbocycles. The number of carbonyl (C=O) groups is 2. The van der Waals surface area contributed by atoms with Gasteiger partial charge in [-0.1, -0.05) is 12.1 Å². The Bertz CT molecular complexity index is 492. The number of hydrogen-bond donors (Lipinski definition) is 2. The predicted octanol–water partition coefficient (Wildman–Crippen LogP) is 1.74. The number of nitrogens with zero attached hydrogens (tertiary/aromatic N) is 1. The van der Waals surface area contributed by atoms with Crippen LogP contribution < -0.4 is 5.32 Å². The minimum atomic E-state index is -0.824. The van der Waals surface area contributed by atoms with Crippen LogP contribution in [0.3, 0.4) is 0 Å². The van der Waals surface area contributed by atoms with Crippen LogP contribution in [0.15, 0.2) is 24.3 Å². The van der Waals surface area contributed by atoms with Crippen LogP contribution in [0.1, 0.15) is 35.2 Å². The number of aliphatic carboxylic acids is 1. The van der Waals surface area contributed by atoms with E-state index in [1.54, 1.807) is 24.3 Å². The minimum Gasteiger partial charge on any atom is -0.481 e. The number of unbranched alkanes of at least 4 members (excludes halogenated alkanes) is 1. The first-order valence-corrected chi connectivity index (χ1v) is 6.09. The number of hydrogen-bond acceptors (Lipinski definition) is 3. The Morgan fingerprint density at radius 2 is 2.11 bits per heavy atom. The molecule has 0 radical (unpaired) electrons. The van der Waals surface area contributed by atoms with Crippen molar-refractivity contribution in [1.82, 2.24) is 5.32 Å². The number of rotatable bonds is 7. The zero-order valence-electron chi connectivity index (χ0n) is 10.6. The van der Waals surface area contributed by atoms with Crippen LogP contribution in [0, 0.1) is 11.3 Å². The molecule has 0 saturated heterocycles. The van der Waals surface area contributed by atoms with E-state index in [0.29, 0.717) is 24.9 Å². The van der Waals surface area contributed by atoms with Gasteiger partial charge in [-0.3, -0.25) is 9.59 Å². The van der Waals surface area contributed by atoms with Crippen molar-refractivity contribution >= 4 is 11.9 Å². The lowest BCUT2D eigenvalue weighted by Crippen LogP contribution is -2.24. The van der Waals surface area contributed by atoms with Crippen LogP contribution in [-0.2, 0) is 11.2 Å². The Hall–Kier alpha value is -2.35. The van der Waals surface area contributed by atoms with Gasteiger partial charge < -0.3 is 10.4 Å². The normalized spacial score (nSPS) is 9.63. The number of benzene rings is 1. The molecular weight excluding hydrogens is 244 g/mol. The predicted molar refractivity (Wildman–Crippen MR) is 69.6 cm³/mol. The van der Waals surface area contributed by atoms with E-state index < -0.39 is 5.97 Å². The highest BCUT2D eigenvalue weighted by molar-refractivity contribution is 5.94. The van der Waals surface area contributed by atoms with Gasteiger partial charge in [0.1, 0.15) is 0 Å². The van der Waals surface area contributed by atoms with Crippen molar-refractivity contribution in [2.75, 3.05) is 6.54 Å². The van der Waals surface area contributed by atoms with Gasteiger partial charge in [0.15, 0.2) is 0 Å². The molecule has 0 aromatic heterocycles. The highest BCUT2D eigenvalue weighted by atomic mass is 16.4. The fourth-order valence-corrected chi connectivity index (χ4v) is 1.62. The summed E-state index contributed by atoms with van der Waals surface area (Å²) in [5.74, 6) is -1.02. The first-order valence-electron chi connectivity index (χ1n) is 6.09. The van der Waals surface area contributed by atoms with E-state index >= 15 is 0 Å². The molecule has 0 fully saturated rings. The van der Waals surface area contributed by atoms with E-state index in [4.69, 9.17) is 10.4 Å².